The van der Waals surface area contributed by atoms with E-state index in [1.165, 1.54) is 0 Å². The third-order valence-corrected chi connectivity index (χ3v) is 5.83. The summed E-state index contributed by atoms with van der Waals surface area (Å²) in [4.78, 5) is 14.5. The second-order valence-electron chi connectivity index (χ2n) is 8.22. The molecule has 2 heterocycles. The number of aromatic nitrogens is 3. The minimum atomic E-state index is 0.460. The van der Waals surface area contributed by atoms with Crippen molar-refractivity contribution < 1.29 is 4.42 Å². The van der Waals surface area contributed by atoms with Gasteiger partial charge < -0.3 is 4.42 Å². The van der Waals surface area contributed by atoms with Gasteiger partial charge in [-0.3, -0.25) is 0 Å². The zero-order valence-corrected chi connectivity index (χ0v) is 17.7. The number of hydrogen-bond acceptors (Lipinski definition) is 4. The summed E-state index contributed by atoms with van der Waals surface area (Å²) in [7, 11) is 0. The van der Waals surface area contributed by atoms with Crippen molar-refractivity contribution in [2.45, 2.75) is 13.3 Å². The van der Waals surface area contributed by atoms with Gasteiger partial charge in [-0.1, -0.05) is 79.7 Å². The molecule has 1 aliphatic rings. The minimum Gasteiger partial charge on any atom is -0.456 e. The van der Waals surface area contributed by atoms with Crippen LogP contribution in [0, 0.1) is 5.92 Å². The average Bonchev–Trinajstić information content (AvgIpc) is 3.22. The molecule has 154 valence electrons. The molecule has 5 aromatic rings. The molecule has 4 nitrogen and oxygen atoms in total. The van der Waals surface area contributed by atoms with E-state index < -0.39 is 0 Å². The molecule has 0 spiro atoms. The smallest absolute Gasteiger partial charge is 0.164 e. The second kappa shape index (κ2) is 7.57. The lowest BCUT2D eigenvalue weighted by Gasteiger charge is -2.13. The van der Waals surface area contributed by atoms with Crippen molar-refractivity contribution in [2.24, 2.45) is 5.92 Å². The Balaban J connectivity index is 1.54. The molecule has 0 fully saturated rings. The first-order valence-corrected chi connectivity index (χ1v) is 10.9. The van der Waals surface area contributed by atoms with E-state index in [2.05, 4.69) is 43.4 Å². The summed E-state index contributed by atoms with van der Waals surface area (Å²) >= 11 is 0. The summed E-state index contributed by atoms with van der Waals surface area (Å²) in [6.45, 7) is 2.21. The Morgan fingerprint density at radius 3 is 2.28 bits per heavy atom. The molecule has 6 rings (SSSR count). The topological polar surface area (TPSA) is 51.8 Å². The molecule has 0 N–H and O–H groups in total. The average molecular weight is 415 g/mol. The van der Waals surface area contributed by atoms with Gasteiger partial charge in [0.15, 0.2) is 17.5 Å². The molecule has 0 aliphatic heterocycles. The highest BCUT2D eigenvalue weighted by Crippen LogP contribution is 2.32. The third-order valence-electron chi connectivity index (χ3n) is 5.83. The molecule has 1 unspecified atom stereocenters. The van der Waals surface area contributed by atoms with Crippen LogP contribution in [-0.4, -0.2) is 15.0 Å². The minimum absolute atomic E-state index is 0.460. The number of para-hydroxylation sites is 1. The van der Waals surface area contributed by atoms with Crippen LogP contribution in [0.25, 0.3) is 50.3 Å². The molecule has 0 bridgehead atoms. The molecule has 1 aliphatic carbocycles. The van der Waals surface area contributed by atoms with Crippen LogP contribution in [0.5, 0.6) is 0 Å². The molecule has 1 atom stereocenters. The molecule has 3 aromatic carbocycles. The van der Waals surface area contributed by atoms with E-state index in [1.807, 2.05) is 54.6 Å². The van der Waals surface area contributed by atoms with Crippen molar-refractivity contribution in [2.75, 3.05) is 0 Å². The summed E-state index contributed by atoms with van der Waals surface area (Å²) < 4.78 is 6.10. The van der Waals surface area contributed by atoms with E-state index >= 15 is 0 Å². The Hall–Kier alpha value is -4.05. The maximum atomic E-state index is 6.10. The molecule has 0 saturated carbocycles. The van der Waals surface area contributed by atoms with Gasteiger partial charge in [0.05, 0.1) is 0 Å². The summed E-state index contributed by atoms with van der Waals surface area (Å²) in [6.07, 6.45) is 7.56. The van der Waals surface area contributed by atoms with Crippen LogP contribution in [0.2, 0.25) is 0 Å². The normalized spacial score (nSPS) is 15.9. The van der Waals surface area contributed by atoms with Crippen molar-refractivity contribution in [1.82, 2.24) is 15.0 Å². The van der Waals surface area contributed by atoms with Gasteiger partial charge in [0.25, 0.3) is 0 Å². The Kier molecular flexibility index (Phi) is 4.43. The van der Waals surface area contributed by atoms with E-state index in [0.29, 0.717) is 23.4 Å². The number of allylic oxidation sites excluding steroid dienone is 4. The molecule has 2 aromatic heterocycles. The number of benzene rings is 3. The van der Waals surface area contributed by atoms with Crippen LogP contribution in [0.15, 0.2) is 95.4 Å². The maximum Gasteiger partial charge on any atom is 0.164 e. The summed E-state index contributed by atoms with van der Waals surface area (Å²) in [6, 6.07) is 24.3. The fraction of sp³-hybridized carbons (Fsp3) is 0.107. The molecular weight excluding hydrogens is 394 g/mol. The lowest BCUT2D eigenvalue weighted by Crippen LogP contribution is -2.04. The quantitative estimate of drug-likeness (QED) is 0.316. The van der Waals surface area contributed by atoms with Gasteiger partial charge in [-0.15, -0.1) is 0 Å². The van der Waals surface area contributed by atoms with E-state index in [4.69, 9.17) is 19.4 Å². The standard InChI is InChI=1S/C28H21N3O/c1-18-8-7-11-20(16-18)27-29-26(19-9-3-2-4-10-19)30-28(31-27)21-14-15-23-22-12-5-6-13-24(22)32-25(23)17-21/h2-7,9-18H,8H2,1H3. The highest BCUT2D eigenvalue weighted by molar-refractivity contribution is 6.05. The van der Waals surface area contributed by atoms with E-state index in [1.54, 1.807) is 0 Å². The zero-order chi connectivity index (χ0) is 21.5. The van der Waals surface area contributed by atoms with Crippen molar-refractivity contribution in [3.05, 3.63) is 96.8 Å². The number of hydrogen-bond donors (Lipinski definition) is 0. The number of fused-ring (bicyclic) bond motifs is 3. The molecule has 32 heavy (non-hydrogen) atoms. The lowest BCUT2D eigenvalue weighted by molar-refractivity contribution is 0.669. The maximum absolute atomic E-state index is 6.10. The summed E-state index contributed by atoms with van der Waals surface area (Å²) in [5.74, 6) is 2.47. The van der Waals surface area contributed by atoms with Crippen LogP contribution >= 0.6 is 0 Å². The van der Waals surface area contributed by atoms with E-state index in [9.17, 15) is 0 Å². The van der Waals surface area contributed by atoms with E-state index in [0.717, 1.165) is 45.1 Å². The molecule has 0 amide bonds. The lowest BCUT2D eigenvalue weighted by atomic mass is 9.97. The first-order valence-electron chi connectivity index (χ1n) is 10.9. The van der Waals surface area contributed by atoms with Crippen LogP contribution in [0.4, 0.5) is 0 Å². The summed E-state index contributed by atoms with van der Waals surface area (Å²) in [5.41, 5.74) is 4.63. The molecule has 0 radical (unpaired) electrons. The zero-order valence-electron chi connectivity index (χ0n) is 17.7. The third kappa shape index (κ3) is 3.30. The Bertz CT molecular complexity index is 1510. The SMILES string of the molecule is CC1C=C(c2nc(-c3ccccc3)nc(-c3ccc4c(c3)oc3ccccc34)n2)C=CC1. The molecular formula is C28H21N3O. The van der Waals surface area contributed by atoms with Gasteiger partial charge in [0.1, 0.15) is 11.2 Å². The van der Waals surface area contributed by atoms with Crippen LogP contribution < -0.4 is 0 Å². The predicted molar refractivity (Wildman–Crippen MR) is 129 cm³/mol. The van der Waals surface area contributed by atoms with E-state index in [-0.39, 0.29) is 0 Å². The van der Waals surface area contributed by atoms with Crippen molar-refractivity contribution in [3.63, 3.8) is 0 Å². The Morgan fingerprint density at radius 2 is 1.44 bits per heavy atom. The molecule has 0 saturated heterocycles. The Morgan fingerprint density at radius 1 is 0.719 bits per heavy atom. The first kappa shape index (κ1) is 18.7. The fourth-order valence-electron chi connectivity index (χ4n) is 4.20. The predicted octanol–water partition coefficient (Wildman–Crippen LogP) is 7.08. The Labute approximate surface area is 186 Å². The van der Waals surface area contributed by atoms with Crippen molar-refractivity contribution in [1.29, 1.82) is 0 Å². The van der Waals surface area contributed by atoms with Gasteiger partial charge in [-0.05, 0) is 30.5 Å². The first-order chi connectivity index (χ1) is 15.7. The number of rotatable bonds is 3. The fourth-order valence-corrected chi connectivity index (χ4v) is 4.20. The van der Waals surface area contributed by atoms with Gasteiger partial charge in [-0.25, -0.2) is 15.0 Å². The monoisotopic (exact) mass is 415 g/mol. The van der Waals surface area contributed by atoms with Crippen LogP contribution in [-0.2, 0) is 0 Å². The van der Waals surface area contributed by atoms with Gasteiger partial charge >= 0.3 is 0 Å². The summed E-state index contributed by atoms with van der Waals surface area (Å²) in [5, 5.41) is 2.20. The van der Waals surface area contributed by atoms with Crippen molar-refractivity contribution in [3.8, 4) is 22.8 Å². The second-order valence-corrected chi connectivity index (χ2v) is 8.22. The van der Waals surface area contributed by atoms with Gasteiger partial charge in [0, 0.05) is 27.5 Å². The van der Waals surface area contributed by atoms with Gasteiger partial charge in [-0.2, -0.15) is 0 Å². The number of nitrogens with zero attached hydrogens (tertiary/aromatic N) is 3. The number of furan rings is 1. The molecule has 4 heteroatoms. The van der Waals surface area contributed by atoms with Gasteiger partial charge in [0.2, 0.25) is 0 Å². The van der Waals surface area contributed by atoms with Crippen molar-refractivity contribution >= 4 is 27.5 Å². The highest BCUT2D eigenvalue weighted by Gasteiger charge is 2.16. The largest absolute Gasteiger partial charge is 0.456 e. The van der Waals surface area contributed by atoms with Crippen LogP contribution in [0.3, 0.4) is 0 Å². The van der Waals surface area contributed by atoms with Crippen LogP contribution in [0.1, 0.15) is 19.2 Å². The highest BCUT2D eigenvalue weighted by atomic mass is 16.3.